The molecule has 2 atom stereocenters. The number of anilines is 1. The van der Waals surface area contributed by atoms with Crippen molar-refractivity contribution in [3.05, 3.63) is 72.1 Å². The molecule has 1 saturated heterocycles. The van der Waals surface area contributed by atoms with Gasteiger partial charge in [-0.2, -0.15) is 0 Å². The van der Waals surface area contributed by atoms with Gasteiger partial charge in [-0.15, -0.1) is 5.10 Å². The fourth-order valence-electron chi connectivity index (χ4n) is 3.44. The Bertz CT molecular complexity index is 957. The number of urea groups is 1. The van der Waals surface area contributed by atoms with Gasteiger partial charge in [-0.05, 0) is 43.2 Å². The van der Waals surface area contributed by atoms with Crippen molar-refractivity contribution in [3.63, 3.8) is 0 Å². The maximum atomic E-state index is 13.0. The van der Waals surface area contributed by atoms with Gasteiger partial charge in [-0.25, -0.2) is 9.48 Å². The van der Waals surface area contributed by atoms with Crippen molar-refractivity contribution in [1.82, 2.24) is 19.9 Å². The van der Waals surface area contributed by atoms with Gasteiger partial charge < -0.3 is 15.0 Å². The third-order valence-corrected chi connectivity index (χ3v) is 5.01. The van der Waals surface area contributed by atoms with Crippen LogP contribution in [0.4, 0.5) is 10.5 Å². The van der Waals surface area contributed by atoms with Crippen LogP contribution < -0.4 is 5.32 Å². The topological polar surface area (TPSA) is 72.3 Å². The van der Waals surface area contributed by atoms with Gasteiger partial charge in [0.15, 0.2) is 0 Å². The van der Waals surface area contributed by atoms with Crippen molar-refractivity contribution in [2.45, 2.75) is 26.0 Å². The molecule has 1 aliphatic heterocycles. The van der Waals surface area contributed by atoms with E-state index in [0.29, 0.717) is 18.8 Å². The van der Waals surface area contributed by atoms with E-state index >= 15 is 0 Å². The van der Waals surface area contributed by atoms with E-state index in [1.807, 2.05) is 48.2 Å². The molecule has 1 fully saturated rings. The number of carbonyl (C=O) groups excluding carboxylic acids is 1. The van der Waals surface area contributed by atoms with Crippen LogP contribution in [0.3, 0.4) is 0 Å². The minimum atomic E-state index is -0.134. The zero-order chi connectivity index (χ0) is 19.5. The molecule has 7 heteroatoms. The molecule has 7 nitrogen and oxygen atoms in total. The molecular weight excluding hydrogens is 354 g/mol. The third kappa shape index (κ3) is 3.75. The highest BCUT2D eigenvalue weighted by molar-refractivity contribution is 5.90. The average Bonchev–Trinajstić information content (AvgIpc) is 3.24. The number of hydrogen-bond acceptors (Lipinski definition) is 4. The molecule has 3 aromatic rings. The Hall–Kier alpha value is -3.19. The maximum absolute atomic E-state index is 13.0. The van der Waals surface area contributed by atoms with Gasteiger partial charge >= 0.3 is 6.03 Å². The summed E-state index contributed by atoms with van der Waals surface area (Å²) in [5.41, 5.74) is 3.84. The SMILES string of the molecule is Cc1ccccc1C1CN(C(=O)Nc2cccc(-n3ccnn3)c2)C(C)CO1. The number of hydrogen-bond donors (Lipinski definition) is 1. The molecule has 2 unspecified atom stereocenters. The van der Waals surface area contributed by atoms with Crippen LogP contribution in [0.5, 0.6) is 0 Å². The molecule has 4 rings (SSSR count). The standard InChI is InChI=1S/C21H23N5O2/c1-15-6-3-4-9-19(15)20-13-25(16(2)14-28-20)21(27)23-17-7-5-8-18(12-17)26-11-10-22-24-26/h3-12,16,20H,13-14H2,1-2H3,(H,23,27). The predicted octanol–water partition coefficient (Wildman–Crippen LogP) is 3.57. The van der Waals surface area contributed by atoms with Gasteiger partial charge in [-0.3, -0.25) is 0 Å². The number of amides is 2. The van der Waals surface area contributed by atoms with Crippen LogP contribution in [-0.2, 0) is 4.74 Å². The Balaban J connectivity index is 1.49. The molecule has 2 heterocycles. The zero-order valence-electron chi connectivity index (χ0n) is 15.9. The summed E-state index contributed by atoms with van der Waals surface area (Å²) in [6, 6.07) is 15.5. The van der Waals surface area contributed by atoms with Crippen LogP contribution in [0.1, 0.15) is 24.2 Å². The van der Waals surface area contributed by atoms with Crippen molar-refractivity contribution < 1.29 is 9.53 Å². The van der Waals surface area contributed by atoms with Crippen LogP contribution in [0.25, 0.3) is 5.69 Å². The van der Waals surface area contributed by atoms with Crippen LogP contribution >= 0.6 is 0 Å². The van der Waals surface area contributed by atoms with E-state index in [9.17, 15) is 4.79 Å². The second-order valence-electron chi connectivity index (χ2n) is 7.01. The lowest BCUT2D eigenvalue weighted by atomic mass is 10.0. The van der Waals surface area contributed by atoms with Crippen molar-refractivity contribution in [1.29, 1.82) is 0 Å². The van der Waals surface area contributed by atoms with E-state index in [1.165, 1.54) is 5.56 Å². The quantitative estimate of drug-likeness (QED) is 0.757. The summed E-state index contributed by atoms with van der Waals surface area (Å²) in [5.74, 6) is 0. The Morgan fingerprint density at radius 3 is 2.86 bits per heavy atom. The maximum Gasteiger partial charge on any atom is 0.322 e. The number of carbonyl (C=O) groups is 1. The van der Waals surface area contributed by atoms with Gasteiger partial charge in [0, 0.05) is 5.69 Å². The summed E-state index contributed by atoms with van der Waals surface area (Å²) in [6.07, 6.45) is 3.26. The second kappa shape index (κ2) is 7.82. The Morgan fingerprint density at radius 2 is 2.07 bits per heavy atom. The lowest BCUT2D eigenvalue weighted by Crippen LogP contribution is -2.50. The Kier molecular flexibility index (Phi) is 5.08. The van der Waals surface area contributed by atoms with Gasteiger partial charge in [0.2, 0.25) is 0 Å². The normalized spacial score (nSPS) is 19.4. The first kappa shape index (κ1) is 18.2. The zero-order valence-corrected chi connectivity index (χ0v) is 15.9. The molecule has 0 aliphatic carbocycles. The molecule has 0 spiro atoms. The highest BCUT2D eigenvalue weighted by Crippen LogP contribution is 2.27. The molecular formula is C21H23N5O2. The molecule has 0 saturated carbocycles. The number of nitrogens with zero attached hydrogens (tertiary/aromatic N) is 4. The number of benzene rings is 2. The average molecular weight is 377 g/mol. The molecule has 0 bridgehead atoms. The number of rotatable bonds is 3. The number of ether oxygens (including phenoxy) is 1. The van der Waals surface area contributed by atoms with Crippen LogP contribution in [0.15, 0.2) is 60.9 Å². The van der Waals surface area contributed by atoms with E-state index in [4.69, 9.17) is 4.74 Å². The molecule has 1 aromatic heterocycles. The summed E-state index contributed by atoms with van der Waals surface area (Å²) >= 11 is 0. The number of aryl methyl sites for hydroxylation is 1. The van der Waals surface area contributed by atoms with Crippen LogP contribution in [0.2, 0.25) is 0 Å². The summed E-state index contributed by atoms with van der Waals surface area (Å²) < 4.78 is 7.67. The minimum Gasteiger partial charge on any atom is -0.370 e. The van der Waals surface area contributed by atoms with Crippen molar-refractivity contribution in [2.75, 3.05) is 18.5 Å². The van der Waals surface area contributed by atoms with Crippen LogP contribution in [-0.4, -0.2) is 45.1 Å². The van der Waals surface area contributed by atoms with E-state index < -0.39 is 0 Å². The lowest BCUT2D eigenvalue weighted by Gasteiger charge is -2.38. The lowest BCUT2D eigenvalue weighted by molar-refractivity contribution is -0.0410. The molecule has 1 N–H and O–H groups in total. The fraction of sp³-hybridized carbons (Fsp3) is 0.286. The summed E-state index contributed by atoms with van der Waals surface area (Å²) in [6.45, 7) is 5.09. The first-order chi connectivity index (χ1) is 13.6. The minimum absolute atomic E-state index is 0.00114. The number of morpholine rings is 1. The van der Waals surface area contributed by atoms with E-state index in [2.05, 4.69) is 34.7 Å². The molecule has 2 amide bonds. The summed E-state index contributed by atoms with van der Waals surface area (Å²) in [4.78, 5) is 14.8. The van der Waals surface area contributed by atoms with Crippen LogP contribution in [0, 0.1) is 6.92 Å². The van der Waals surface area contributed by atoms with Gasteiger partial charge in [0.05, 0.1) is 37.3 Å². The molecule has 28 heavy (non-hydrogen) atoms. The van der Waals surface area contributed by atoms with Crippen molar-refractivity contribution in [2.24, 2.45) is 0 Å². The first-order valence-electron chi connectivity index (χ1n) is 9.33. The highest BCUT2D eigenvalue weighted by atomic mass is 16.5. The number of aromatic nitrogens is 3. The van der Waals surface area contributed by atoms with Crippen molar-refractivity contribution in [3.8, 4) is 5.69 Å². The second-order valence-corrected chi connectivity index (χ2v) is 7.01. The summed E-state index contributed by atoms with van der Waals surface area (Å²) in [5, 5.41) is 10.8. The van der Waals surface area contributed by atoms with E-state index in [-0.39, 0.29) is 18.2 Å². The molecule has 0 radical (unpaired) electrons. The molecule has 144 valence electrons. The highest BCUT2D eigenvalue weighted by Gasteiger charge is 2.31. The van der Waals surface area contributed by atoms with E-state index in [1.54, 1.807) is 17.1 Å². The fourth-order valence-corrected chi connectivity index (χ4v) is 3.44. The smallest absolute Gasteiger partial charge is 0.322 e. The summed E-state index contributed by atoms with van der Waals surface area (Å²) in [7, 11) is 0. The monoisotopic (exact) mass is 377 g/mol. The van der Waals surface area contributed by atoms with Crippen molar-refractivity contribution >= 4 is 11.7 Å². The Morgan fingerprint density at radius 1 is 1.21 bits per heavy atom. The van der Waals surface area contributed by atoms with Gasteiger partial charge in [0.25, 0.3) is 0 Å². The van der Waals surface area contributed by atoms with Gasteiger partial charge in [-0.1, -0.05) is 35.5 Å². The van der Waals surface area contributed by atoms with Gasteiger partial charge in [0.1, 0.15) is 6.10 Å². The largest absolute Gasteiger partial charge is 0.370 e. The Labute approximate surface area is 163 Å². The first-order valence-corrected chi connectivity index (χ1v) is 9.33. The number of nitrogens with one attached hydrogen (secondary N) is 1. The molecule has 1 aliphatic rings. The van der Waals surface area contributed by atoms with E-state index in [0.717, 1.165) is 11.3 Å². The predicted molar refractivity (Wildman–Crippen MR) is 106 cm³/mol. The third-order valence-electron chi connectivity index (χ3n) is 5.01. The molecule has 2 aromatic carbocycles.